The minimum atomic E-state index is -0.321. The fourth-order valence-corrected chi connectivity index (χ4v) is 3.82. The normalized spacial score (nSPS) is 11.1. The Morgan fingerprint density at radius 3 is 2.43 bits per heavy atom. The second-order valence-corrected chi connectivity index (χ2v) is 7.33. The first kappa shape index (κ1) is 18.1. The number of benzene rings is 4. The molecule has 0 saturated heterocycles. The molecule has 0 amide bonds. The lowest BCUT2D eigenvalue weighted by molar-refractivity contribution is 0.0601. The summed E-state index contributed by atoms with van der Waals surface area (Å²) in [6.07, 6.45) is 1.90. The van der Waals surface area contributed by atoms with Gasteiger partial charge in [0.1, 0.15) is 0 Å². The first-order chi connectivity index (χ1) is 14.7. The van der Waals surface area contributed by atoms with Gasteiger partial charge in [-0.05, 0) is 63.9 Å². The number of nitrogens with zero attached hydrogens (tertiary/aromatic N) is 2. The van der Waals surface area contributed by atoms with Gasteiger partial charge in [-0.25, -0.2) is 9.78 Å². The average Bonchev–Trinajstić information content (AvgIpc) is 3.21. The van der Waals surface area contributed by atoms with Crippen LogP contribution < -0.4 is 0 Å². The van der Waals surface area contributed by atoms with Crippen molar-refractivity contribution in [3.8, 4) is 11.1 Å². The molecule has 0 bridgehead atoms. The van der Waals surface area contributed by atoms with Crippen LogP contribution in [0.15, 0.2) is 91.3 Å². The first-order valence-electron chi connectivity index (χ1n) is 9.82. The van der Waals surface area contributed by atoms with E-state index in [9.17, 15) is 4.79 Å². The van der Waals surface area contributed by atoms with Crippen LogP contribution in [0.25, 0.3) is 32.9 Å². The van der Waals surface area contributed by atoms with Crippen molar-refractivity contribution >= 4 is 27.8 Å². The number of rotatable bonds is 4. The van der Waals surface area contributed by atoms with Crippen molar-refractivity contribution in [3.05, 3.63) is 102 Å². The van der Waals surface area contributed by atoms with Crippen LogP contribution in [0.5, 0.6) is 0 Å². The minimum Gasteiger partial charge on any atom is -0.465 e. The summed E-state index contributed by atoms with van der Waals surface area (Å²) in [5.74, 6) is -0.321. The summed E-state index contributed by atoms with van der Waals surface area (Å²) >= 11 is 0. The van der Waals surface area contributed by atoms with Crippen LogP contribution in [0.2, 0.25) is 0 Å². The van der Waals surface area contributed by atoms with Crippen LogP contribution in [0.4, 0.5) is 0 Å². The van der Waals surface area contributed by atoms with Gasteiger partial charge < -0.3 is 9.30 Å². The van der Waals surface area contributed by atoms with Crippen molar-refractivity contribution in [2.45, 2.75) is 6.54 Å². The number of fused-ring (bicyclic) bond motifs is 2. The van der Waals surface area contributed by atoms with E-state index in [0.29, 0.717) is 5.56 Å². The predicted octanol–water partition coefficient (Wildman–Crippen LogP) is 5.69. The molecule has 0 aliphatic rings. The highest BCUT2D eigenvalue weighted by Crippen LogP contribution is 2.26. The van der Waals surface area contributed by atoms with E-state index < -0.39 is 0 Å². The lowest BCUT2D eigenvalue weighted by Gasteiger charge is -2.09. The molecular formula is C26H20N2O2. The second-order valence-electron chi connectivity index (χ2n) is 7.33. The van der Waals surface area contributed by atoms with Gasteiger partial charge in [-0.3, -0.25) is 0 Å². The Morgan fingerprint density at radius 1 is 0.867 bits per heavy atom. The zero-order chi connectivity index (χ0) is 20.5. The Labute approximate surface area is 174 Å². The van der Waals surface area contributed by atoms with E-state index in [0.717, 1.165) is 28.7 Å². The molecule has 0 fully saturated rings. The van der Waals surface area contributed by atoms with Crippen molar-refractivity contribution in [1.82, 2.24) is 9.55 Å². The van der Waals surface area contributed by atoms with E-state index in [4.69, 9.17) is 4.74 Å². The fourth-order valence-electron chi connectivity index (χ4n) is 3.82. The Bertz CT molecular complexity index is 1370. The van der Waals surface area contributed by atoms with Crippen LogP contribution in [-0.2, 0) is 11.3 Å². The number of imidazole rings is 1. The molecule has 0 saturated carbocycles. The number of carbonyl (C=O) groups is 1. The maximum Gasteiger partial charge on any atom is 0.337 e. The van der Waals surface area contributed by atoms with E-state index in [1.165, 1.54) is 23.4 Å². The van der Waals surface area contributed by atoms with E-state index in [-0.39, 0.29) is 5.97 Å². The summed E-state index contributed by atoms with van der Waals surface area (Å²) in [5, 5.41) is 2.38. The summed E-state index contributed by atoms with van der Waals surface area (Å²) < 4.78 is 6.94. The monoisotopic (exact) mass is 392 g/mol. The third-order valence-corrected chi connectivity index (χ3v) is 5.42. The topological polar surface area (TPSA) is 44.1 Å². The summed E-state index contributed by atoms with van der Waals surface area (Å²) in [7, 11) is 1.39. The van der Waals surface area contributed by atoms with Gasteiger partial charge in [0.25, 0.3) is 0 Å². The van der Waals surface area contributed by atoms with Gasteiger partial charge in [0, 0.05) is 6.54 Å². The average molecular weight is 392 g/mol. The SMILES string of the molecule is COC(=O)c1ccc(-c2ccc3cc(Cn4cnc5ccccc54)ccc3c2)cc1. The van der Waals surface area contributed by atoms with Crippen molar-refractivity contribution in [2.24, 2.45) is 0 Å². The first-order valence-corrected chi connectivity index (χ1v) is 9.82. The maximum atomic E-state index is 11.6. The molecular weight excluding hydrogens is 372 g/mol. The van der Waals surface area contributed by atoms with Crippen molar-refractivity contribution < 1.29 is 9.53 Å². The second kappa shape index (κ2) is 7.48. The zero-order valence-corrected chi connectivity index (χ0v) is 16.6. The molecule has 4 nitrogen and oxygen atoms in total. The summed E-state index contributed by atoms with van der Waals surface area (Å²) in [5.41, 5.74) is 6.13. The van der Waals surface area contributed by atoms with E-state index >= 15 is 0 Å². The molecule has 0 spiro atoms. The molecule has 1 aromatic heterocycles. The third-order valence-electron chi connectivity index (χ3n) is 5.42. The van der Waals surface area contributed by atoms with Crippen LogP contribution in [0.1, 0.15) is 15.9 Å². The number of hydrogen-bond donors (Lipinski definition) is 0. The molecule has 5 rings (SSSR count). The van der Waals surface area contributed by atoms with Crippen LogP contribution in [0.3, 0.4) is 0 Å². The van der Waals surface area contributed by atoms with Crippen molar-refractivity contribution in [3.63, 3.8) is 0 Å². The quantitative estimate of drug-likeness (QED) is 0.369. The van der Waals surface area contributed by atoms with E-state index in [1.54, 1.807) is 12.1 Å². The van der Waals surface area contributed by atoms with Gasteiger partial charge in [0.2, 0.25) is 0 Å². The van der Waals surface area contributed by atoms with Crippen molar-refractivity contribution in [1.29, 1.82) is 0 Å². The minimum absolute atomic E-state index is 0.321. The maximum absolute atomic E-state index is 11.6. The number of ether oxygens (including phenoxy) is 1. The number of carbonyl (C=O) groups excluding carboxylic acids is 1. The Kier molecular flexibility index (Phi) is 4.52. The summed E-state index contributed by atoms with van der Waals surface area (Å²) in [6.45, 7) is 0.785. The molecule has 0 aliphatic carbocycles. The molecule has 0 atom stereocenters. The van der Waals surface area contributed by atoms with E-state index in [2.05, 4.69) is 52.0 Å². The lowest BCUT2D eigenvalue weighted by atomic mass is 9.99. The summed E-state index contributed by atoms with van der Waals surface area (Å²) in [6, 6.07) is 28.7. The number of esters is 1. The number of para-hydroxylation sites is 2. The Hall–Kier alpha value is -3.92. The smallest absolute Gasteiger partial charge is 0.337 e. The highest BCUT2D eigenvalue weighted by atomic mass is 16.5. The standard InChI is InChI=1S/C26H20N2O2/c1-30-26(29)20-10-8-19(9-11-20)22-13-12-21-14-18(6-7-23(21)15-22)16-28-17-27-24-4-2-3-5-25(24)28/h2-15,17H,16H2,1H3. The van der Waals surface area contributed by atoms with E-state index in [1.807, 2.05) is 36.7 Å². The van der Waals surface area contributed by atoms with Gasteiger partial charge in [0.05, 0.1) is 30.0 Å². The molecule has 4 aromatic carbocycles. The largest absolute Gasteiger partial charge is 0.465 e. The molecule has 4 heteroatoms. The molecule has 146 valence electrons. The van der Waals surface area contributed by atoms with Gasteiger partial charge in [-0.15, -0.1) is 0 Å². The molecule has 0 unspecified atom stereocenters. The zero-order valence-electron chi connectivity index (χ0n) is 16.6. The molecule has 0 radical (unpaired) electrons. The molecule has 5 aromatic rings. The number of hydrogen-bond acceptors (Lipinski definition) is 3. The van der Waals surface area contributed by atoms with Crippen LogP contribution in [-0.4, -0.2) is 22.6 Å². The molecule has 0 N–H and O–H groups in total. The number of aromatic nitrogens is 2. The Balaban J connectivity index is 1.43. The molecule has 0 aliphatic heterocycles. The highest BCUT2D eigenvalue weighted by Gasteiger charge is 2.07. The van der Waals surface area contributed by atoms with Crippen LogP contribution in [0, 0.1) is 0 Å². The summed E-state index contributed by atoms with van der Waals surface area (Å²) in [4.78, 5) is 16.1. The number of methoxy groups -OCH3 is 1. The highest BCUT2D eigenvalue weighted by molar-refractivity contribution is 5.91. The Morgan fingerprint density at radius 2 is 1.60 bits per heavy atom. The molecule has 30 heavy (non-hydrogen) atoms. The van der Waals surface area contributed by atoms with Gasteiger partial charge >= 0.3 is 5.97 Å². The third kappa shape index (κ3) is 3.33. The van der Waals surface area contributed by atoms with Gasteiger partial charge in [0.15, 0.2) is 0 Å². The van der Waals surface area contributed by atoms with Crippen LogP contribution >= 0.6 is 0 Å². The van der Waals surface area contributed by atoms with Gasteiger partial charge in [-0.2, -0.15) is 0 Å². The van der Waals surface area contributed by atoms with Crippen molar-refractivity contribution in [2.75, 3.05) is 7.11 Å². The lowest BCUT2D eigenvalue weighted by Crippen LogP contribution is -2.00. The fraction of sp³-hybridized carbons (Fsp3) is 0.0769. The van der Waals surface area contributed by atoms with Gasteiger partial charge in [-0.1, -0.05) is 48.5 Å². The molecule has 1 heterocycles. The predicted molar refractivity (Wildman–Crippen MR) is 120 cm³/mol.